The Kier molecular flexibility index (Phi) is 5.71. The molecule has 1 atom stereocenters. The lowest BCUT2D eigenvalue weighted by atomic mass is 9.76. The first kappa shape index (κ1) is 16.8. The number of hydrogen-bond donors (Lipinski definition) is 2. The van der Waals surface area contributed by atoms with Gasteiger partial charge in [0.2, 0.25) is 0 Å². The molecule has 1 fully saturated rings. The summed E-state index contributed by atoms with van der Waals surface area (Å²) < 4.78 is 34.8. The summed E-state index contributed by atoms with van der Waals surface area (Å²) >= 11 is 3.11. The molecule has 0 saturated heterocycles. The highest BCUT2D eigenvalue weighted by atomic mass is 79.9. The maximum absolute atomic E-state index is 14.4. The van der Waals surface area contributed by atoms with Gasteiger partial charge in [0, 0.05) is 12.2 Å². The van der Waals surface area contributed by atoms with E-state index in [9.17, 15) is 8.78 Å². The fourth-order valence-corrected chi connectivity index (χ4v) is 3.61. The molecule has 0 aliphatic heterocycles. The Morgan fingerprint density at radius 3 is 2.57 bits per heavy atom. The largest absolute Gasteiger partial charge is 0.373 e. The van der Waals surface area contributed by atoms with Gasteiger partial charge in [-0.2, -0.15) is 0 Å². The average molecular weight is 363 g/mol. The molecule has 3 nitrogen and oxygen atoms in total. The number of rotatable bonds is 5. The second-order valence-corrected chi connectivity index (χ2v) is 6.27. The average Bonchev–Trinajstić information content (AvgIpc) is 2.49. The minimum absolute atomic E-state index is 0.0535. The number of nitrogens with two attached hydrogens (primary N) is 1. The van der Waals surface area contributed by atoms with Crippen LogP contribution < -0.4 is 11.3 Å². The third-order valence-electron chi connectivity index (χ3n) is 4.19. The van der Waals surface area contributed by atoms with Crippen LogP contribution in [0.1, 0.15) is 50.6 Å². The van der Waals surface area contributed by atoms with E-state index in [2.05, 4.69) is 21.4 Å². The summed E-state index contributed by atoms with van der Waals surface area (Å²) in [5, 5.41) is 0. The molecule has 6 heteroatoms. The van der Waals surface area contributed by atoms with E-state index in [1.165, 1.54) is 12.1 Å². The van der Waals surface area contributed by atoms with Gasteiger partial charge in [-0.15, -0.1) is 0 Å². The van der Waals surface area contributed by atoms with Crippen molar-refractivity contribution in [1.29, 1.82) is 0 Å². The van der Waals surface area contributed by atoms with Gasteiger partial charge in [0.1, 0.15) is 11.6 Å². The molecule has 1 aromatic carbocycles. The zero-order valence-electron chi connectivity index (χ0n) is 12.1. The molecule has 0 radical (unpaired) electrons. The van der Waals surface area contributed by atoms with Crippen molar-refractivity contribution in [1.82, 2.24) is 5.43 Å². The van der Waals surface area contributed by atoms with Crippen LogP contribution in [0.5, 0.6) is 0 Å². The molecule has 118 valence electrons. The van der Waals surface area contributed by atoms with E-state index in [-0.39, 0.29) is 10.0 Å². The van der Waals surface area contributed by atoms with E-state index < -0.39 is 23.3 Å². The normalized spacial score (nSPS) is 19.5. The van der Waals surface area contributed by atoms with Gasteiger partial charge in [-0.25, -0.2) is 14.2 Å². The molecule has 0 heterocycles. The molecule has 1 aliphatic rings. The van der Waals surface area contributed by atoms with Crippen molar-refractivity contribution in [2.75, 3.05) is 6.61 Å². The van der Waals surface area contributed by atoms with Gasteiger partial charge in [0.05, 0.1) is 16.1 Å². The van der Waals surface area contributed by atoms with Crippen molar-refractivity contribution in [2.24, 2.45) is 5.84 Å². The summed E-state index contributed by atoms with van der Waals surface area (Å²) in [5.41, 5.74) is 1.88. The Hall–Kier alpha value is -0.560. The van der Waals surface area contributed by atoms with Crippen LogP contribution in [0.3, 0.4) is 0 Å². The number of nitrogens with one attached hydrogen (secondary N) is 1. The third kappa shape index (κ3) is 3.28. The molecule has 3 N–H and O–H groups in total. The topological polar surface area (TPSA) is 47.3 Å². The van der Waals surface area contributed by atoms with Gasteiger partial charge in [0.15, 0.2) is 0 Å². The van der Waals surface area contributed by atoms with E-state index in [1.54, 1.807) is 0 Å². The van der Waals surface area contributed by atoms with Crippen molar-refractivity contribution in [3.63, 3.8) is 0 Å². The zero-order valence-corrected chi connectivity index (χ0v) is 13.7. The predicted molar refractivity (Wildman–Crippen MR) is 81.6 cm³/mol. The minimum atomic E-state index is -0.713. The van der Waals surface area contributed by atoms with Crippen molar-refractivity contribution in [3.8, 4) is 0 Å². The standard InChI is InChI=1S/C15H21BrF2N2O/c1-2-21-15(8-4-3-5-9-15)14(20-19)12-11(17)7-6-10(16)13(12)18/h6-7,14,20H,2-5,8-9,19H2,1H3. The number of hydrazine groups is 1. The van der Waals surface area contributed by atoms with Crippen LogP contribution in [-0.4, -0.2) is 12.2 Å². The van der Waals surface area contributed by atoms with Crippen LogP contribution in [0.2, 0.25) is 0 Å². The second kappa shape index (κ2) is 7.13. The molecule has 21 heavy (non-hydrogen) atoms. The number of hydrogen-bond acceptors (Lipinski definition) is 3. The summed E-state index contributed by atoms with van der Waals surface area (Å²) in [5.74, 6) is 4.43. The first-order valence-electron chi connectivity index (χ1n) is 7.29. The first-order valence-corrected chi connectivity index (χ1v) is 8.08. The molecule has 0 amide bonds. The van der Waals surface area contributed by atoms with Crippen LogP contribution in [0.25, 0.3) is 0 Å². The van der Waals surface area contributed by atoms with Crippen LogP contribution in [0.4, 0.5) is 8.78 Å². The molecule has 0 spiro atoms. The Balaban J connectivity index is 2.48. The monoisotopic (exact) mass is 362 g/mol. The van der Waals surface area contributed by atoms with E-state index in [1.807, 2.05) is 6.92 Å². The third-order valence-corrected chi connectivity index (χ3v) is 4.81. The highest BCUT2D eigenvalue weighted by molar-refractivity contribution is 9.10. The van der Waals surface area contributed by atoms with Crippen LogP contribution in [-0.2, 0) is 4.74 Å². The smallest absolute Gasteiger partial charge is 0.145 e. The summed E-state index contributed by atoms with van der Waals surface area (Å²) in [6, 6.07) is 1.89. The van der Waals surface area contributed by atoms with Crippen molar-refractivity contribution >= 4 is 15.9 Å². The molecule has 0 aromatic heterocycles. The van der Waals surface area contributed by atoms with Crippen molar-refractivity contribution < 1.29 is 13.5 Å². The highest BCUT2D eigenvalue weighted by Crippen LogP contribution is 2.43. The molecule has 1 aromatic rings. The maximum Gasteiger partial charge on any atom is 0.145 e. The minimum Gasteiger partial charge on any atom is -0.373 e. The molecule has 0 bridgehead atoms. The van der Waals surface area contributed by atoms with Crippen LogP contribution in [0.15, 0.2) is 16.6 Å². The molecule has 1 saturated carbocycles. The second-order valence-electron chi connectivity index (χ2n) is 5.41. The van der Waals surface area contributed by atoms with Crippen molar-refractivity contribution in [3.05, 3.63) is 33.8 Å². The Bertz CT molecular complexity index is 487. The SMILES string of the molecule is CCOC1(C(NN)c2c(F)ccc(Br)c2F)CCCCC1. The zero-order chi connectivity index (χ0) is 15.5. The summed E-state index contributed by atoms with van der Waals surface area (Å²) in [7, 11) is 0. The van der Waals surface area contributed by atoms with E-state index in [0.29, 0.717) is 6.61 Å². The highest BCUT2D eigenvalue weighted by Gasteiger charge is 2.43. The Labute approximate surface area is 132 Å². The van der Waals surface area contributed by atoms with Gasteiger partial charge in [-0.05, 0) is 47.8 Å². The first-order chi connectivity index (χ1) is 10.1. The fraction of sp³-hybridized carbons (Fsp3) is 0.600. The molecular formula is C15H21BrF2N2O. The summed E-state index contributed by atoms with van der Waals surface area (Å²) in [4.78, 5) is 0. The number of ether oxygens (including phenoxy) is 1. The lowest BCUT2D eigenvalue weighted by molar-refractivity contribution is -0.0927. The Morgan fingerprint density at radius 1 is 1.33 bits per heavy atom. The van der Waals surface area contributed by atoms with Gasteiger partial charge >= 0.3 is 0 Å². The molecule has 1 unspecified atom stereocenters. The van der Waals surface area contributed by atoms with E-state index in [4.69, 9.17) is 10.6 Å². The van der Waals surface area contributed by atoms with Gasteiger partial charge < -0.3 is 4.74 Å². The van der Waals surface area contributed by atoms with E-state index >= 15 is 0 Å². The molecular weight excluding hydrogens is 342 g/mol. The van der Waals surface area contributed by atoms with Gasteiger partial charge in [-0.1, -0.05) is 19.3 Å². The number of halogens is 3. The van der Waals surface area contributed by atoms with Gasteiger partial charge in [-0.3, -0.25) is 5.84 Å². The van der Waals surface area contributed by atoms with E-state index in [0.717, 1.165) is 32.1 Å². The lowest BCUT2D eigenvalue weighted by Gasteiger charge is -2.43. The quantitative estimate of drug-likeness (QED) is 0.473. The van der Waals surface area contributed by atoms with Crippen LogP contribution >= 0.6 is 15.9 Å². The van der Waals surface area contributed by atoms with Crippen LogP contribution in [0, 0.1) is 11.6 Å². The summed E-state index contributed by atoms with van der Waals surface area (Å²) in [6.07, 6.45) is 4.52. The Morgan fingerprint density at radius 2 is 2.00 bits per heavy atom. The summed E-state index contributed by atoms with van der Waals surface area (Å²) in [6.45, 7) is 2.37. The molecule has 1 aliphatic carbocycles. The lowest BCUT2D eigenvalue weighted by Crippen LogP contribution is -2.50. The predicted octanol–water partition coefficient (Wildman–Crippen LogP) is 3.97. The molecule has 2 rings (SSSR count). The van der Waals surface area contributed by atoms with Gasteiger partial charge in [0.25, 0.3) is 0 Å². The van der Waals surface area contributed by atoms with Crippen molar-refractivity contribution in [2.45, 2.75) is 50.7 Å². The fourth-order valence-electron chi connectivity index (χ4n) is 3.26. The maximum atomic E-state index is 14.4. The number of benzene rings is 1.